The van der Waals surface area contributed by atoms with Crippen LogP contribution in [-0.4, -0.2) is 15.7 Å². The van der Waals surface area contributed by atoms with Crippen molar-refractivity contribution in [1.29, 1.82) is 0 Å². The number of rotatable bonds is 7. The normalized spacial score (nSPS) is 11.0. The number of para-hydroxylation sites is 1. The van der Waals surface area contributed by atoms with Gasteiger partial charge in [0.2, 0.25) is 0 Å². The van der Waals surface area contributed by atoms with Crippen molar-refractivity contribution in [2.75, 3.05) is 11.1 Å². The summed E-state index contributed by atoms with van der Waals surface area (Å²) < 4.78 is 0. The molecule has 0 bridgehead atoms. The summed E-state index contributed by atoms with van der Waals surface area (Å²) in [5.41, 5.74) is 2.05. The van der Waals surface area contributed by atoms with Gasteiger partial charge in [0.15, 0.2) is 21.8 Å². The maximum atomic E-state index is 6.39. The van der Waals surface area contributed by atoms with Crippen LogP contribution in [0.2, 0.25) is 5.15 Å². The number of benzene rings is 2. The maximum absolute atomic E-state index is 6.39. The first kappa shape index (κ1) is 18.4. The zero-order chi connectivity index (χ0) is 18.2. The largest absolute Gasteiger partial charge is 0.338 e. The number of anilines is 2. The van der Waals surface area contributed by atoms with E-state index in [0.717, 1.165) is 23.5 Å². The van der Waals surface area contributed by atoms with E-state index in [1.54, 1.807) is 11.8 Å². The van der Waals surface area contributed by atoms with Crippen LogP contribution in [0.3, 0.4) is 0 Å². The zero-order valence-electron chi connectivity index (χ0n) is 14.3. The second-order valence-corrected chi connectivity index (χ2v) is 6.79. The Balaban J connectivity index is 1.96. The zero-order valence-corrected chi connectivity index (χ0v) is 15.8. The molecule has 7 heteroatoms. The van der Waals surface area contributed by atoms with Gasteiger partial charge in [-0.15, -0.1) is 5.11 Å². The van der Waals surface area contributed by atoms with E-state index < -0.39 is 0 Å². The highest BCUT2D eigenvalue weighted by Gasteiger charge is 2.14. The Bertz CT molecular complexity index is 872. The van der Waals surface area contributed by atoms with Crippen LogP contribution in [0.25, 0.3) is 0 Å². The van der Waals surface area contributed by atoms with Gasteiger partial charge in [-0.25, -0.2) is 9.97 Å². The van der Waals surface area contributed by atoms with Gasteiger partial charge in [0.1, 0.15) is 0 Å². The van der Waals surface area contributed by atoms with Crippen LogP contribution in [-0.2, 0) is 0 Å². The van der Waals surface area contributed by atoms with Crippen molar-refractivity contribution in [1.82, 2.24) is 9.97 Å². The molecule has 0 unspecified atom stereocenters. The summed E-state index contributed by atoms with van der Waals surface area (Å²) in [6.45, 7) is 2.11. The smallest absolute Gasteiger partial charge is 0.191 e. The average molecular weight is 384 g/mol. The molecule has 2 aromatic carbocycles. The van der Waals surface area contributed by atoms with E-state index in [4.69, 9.17) is 11.6 Å². The van der Waals surface area contributed by atoms with Gasteiger partial charge in [0, 0.05) is 11.4 Å². The van der Waals surface area contributed by atoms with E-state index >= 15 is 0 Å². The summed E-state index contributed by atoms with van der Waals surface area (Å²) in [6.07, 6.45) is 1.03. The topological polar surface area (TPSA) is 62.5 Å². The van der Waals surface area contributed by atoms with Gasteiger partial charge in [-0.05, 0) is 30.7 Å². The van der Waals surface area contributed by atoms with Crippen LogP contribution >= 0.6 is 23.4 Å². The van der Waals surface area contributed by atoms with Crippen LogP contribution in [0.15, 0.2) is 76.0 Å². The highest BCUT2D eigenvalue weighted by Crippen LogP contribution is 2.35. The molecule has 5 nitrogen and oxygen atoms in total. The molecule has 0 spiro atoms. The molecule has 0 saturated heterocycles. The van der Waals surface area contributed by atoms with Gasteiger partial charge in [0.05, 0.1) is 5.69 Å². The second-order valence-electron chi connectivity index (χ2n) is 5.37. The molecule has 0 radical (unpaired) electrons. The maximum Gasteiger partial charge on any atom is 0.191 e. The number of halogens is 1. The minimum absolute atomic E-state index is 0.275. The summed E-state index contributed by atoms with van der Waals surface area (Å²) in [5, 5.41) is 12.7. The fourth-order valence-electron chi connectivity index (χ4n) is 2.10. The van der Waals surface area contributed by atoms with E-state index in [0.29, 0.717) is 16.7 Å². The molecule has 0 saturated carbocycles. The van der Waals surface area contributed by atoms with Crippen LogP contribution in [0, 0.1) is 0 Å². The number of nitrogens with zero attached hydrogens (tertiary/aromatic N) is 4. The number of hydrogen-bond acceptors (Lipinski definition) is 6. The lowest BCUT2D eigenvalue weighted by atomic mass is 10.3. The summed E-state index contributed by atoms with van der Waals surface area (Å²) in [4.78, 5) is 8.93. The molecule has 1 heterocycles. The summed E-state index contributed by atoms with van der Waals surface area (Å²) in [7, 11) is 0. The van der Waals surface area contributed by atoms with Crippen molar-refractivity contribution in [2.24, 2.45) is 10.2 Å². The van der Waals surface area contributed by atoms with Crippen LogP contribution in [0.4, 0.5) is 22.9 Å². The molecule has 26 heavy (non-hydrogen) atoms. The molecule has 0 aliphatic heterocycles. The van der Waals surface area contributed by atoms with E-state index in [9.17, 15) is 0 Å². The second kappa shape index (κ2) is 9.31. The van der Waals surface area contributed by atoms with Crippen LogP contribution in [0.1, 0.15) is 13.3 Å². The Morgan fingerprint density at radius 2 is 1.65 bits per heavy atom. The molecule has 132 valence electrons. The SMILES string of the molecule is CCCSc1nc(Cl)c(N=Nc2ccccc2)c(Nc2ccccc2)n1. The van der Waals surface area contributed by atoms with Gasteiger partial charge in [-0.2, -0.15) is 5.11 Å². The highest BCUT2D eigenvalue weighted by atomic mass is 35.5. The minimum atomic E-state index is 0.275. The lowest BCUT2D eigenvalue weighted by molar-refractivity contribution is 0.959. The fraction of sp³-hybridized carbons (Fsp3) is 0.158. The van der Waals surface area contributed by atoms with E-state index in [1.165, 1.54) is 0 Å². The van der Waals surface area contributed by atoms with Crippen molar-refractivity contribution >= 4 is 46.2 Å². The first-order chi connectivity index (χ1) is 12.8. The van der Waals surface area contributed by atoms with Crippen molar-refractivity contribution in [3.63, 3.8) is 0 Å². The molecular weight excluding hydrogens is 366 g/mol. The molecule has 0 atom stereocenters. The third-order valence-electron chi connectivity index (χ3n) is 3.31. The van der Waals surface area contributed by atoms with E-state index in [2.05, 4.69) is 32.4 Å². The number of nitrogens with one attached hydrogen (secondary N) is 1. The van der Waals surface area contributed by atoms with Crippen LogP contribution < -0.4 is 5.32 Å². The lowest BCUT2D eigenvalue weighted by Gasteiger charge is -2.10. The number of azo groups is 1. The summed E-state index contributed by atoms with van der Waals surface area (Å²) >= 11 is 7.95. The fourth-order valence-corrected chi connectivity index (χ4v) is 3.06. The predicted octanol–water partition coefficient (Wildman–Crippen LogP) is 6.79. The van der Waals surface area contributed by atoms with Gasteiger partial charge >= 0.3 is 0 Å². The highest BCUT2D eigenvalue weighted by molar-refractivity contribution is 7.99. The van der Waals surface area contributed by atoms with Gasteiger partial charge < -0.3 is 5.32 Å². The van der Waals surface area contributed by atoms with Gasteiger partial charge in [-0.3, -0.25) is 0 Å². The van der Waals surface area contributed by atoms with Crippen LogP contribution in [0.5, 0.6) is 0 Å². The Kier molecular flexibility index (Phi) is 6.57. The van der Waals surface area contributed by atoms with E-state index in [-0.39, 0.29) is 5.15 Å². The van der Waals surface area contributed by atoms with Crippen molar-refractivity contribution in [3.8, 4) is 0 Å². The van der Waals surface area contributed by atoms with Crippen molar-refractivity contribution < 1.29 is 0 Å². The molecule has 0 aliphatic carbocycles. The number of aromatic nitrogens is 2. The Hall–Kier alpha value is -2.44. The molecule has 3 rings (SSSR count). The molecule has 0 fully saturated rings. The predicted molar refractivity (Wildman–Crippen MR) is 108 cm³/mol. The number of hydrogen-bond donors (Lipinski definition) is 1. The standard InChI is InChI=1S/C19H18ClN5S/c1-2-13-26-19-22-17(20)16(25-24-15-11-7-4-8-12-15)18(23-19)21-14-9-5-3-6-10-14/h3-12H,2,13H2,1H3,(H,21,22,23). The van der Waals surface area contributed by atoms with Gasteiger partial charge in [-0.1, -0.05) is 66.7 Å². The molecule has 1 N–H and O–H groups in total. The molecule has 0 aliphatic rings. The Labute approximate surface area is 162 Å². The molecule has 1 aromatic heterocycles. The molecular formula is C19H18ClN5S. The molecule has 0 amide bonds. The lowest BCUT2D eigenvalue weighted by Crippen LogP contribution is -1.98. The van der Waals surface area contributed by atoms with E-state index in [1.807, 2.05) is 60.7 Å². The first-order valence-electron chi connectivity index (χ1n) is 8.25. The van der Waals surface area contributed by atoms with Crippen molar-refractivity contribution in [2.45, 2.75) is 18.5 Å². The number of thioether (sulfide) groups is 1. The van der Waals surface area contributed by atoms with Gasteiger partial charge in [0.25, 0.3) is 0 Å². The summed E-state index contributed by atoms with van der Waals surface area (Å²) in [6, 6.07) is 19.2. The minimum Gasteiger partial charge on any atom is -0.338 e. The quantitative estimate of drug-likeness (QED) is 0.211. The monoisotopic (exact) mass is 383 g/mol. The third-order valence-corrected chi connectivity index (χ3v) is 4.63. The first-order valence-corrected chi connectivity index (χ1v) is 9.62. The molecule has 3 aromatic rings. The average Bonchev–Trinajstić information content (AvgIpc) is 2.67. The van der Waals surface area contributed by atoms with Crippen molar-refractivity contribution in [3.05, 3.63) is 65.8 Å². The Morgan fingerprint density at radius 3 is 2.35 bits per heavy atom. The third kappa shape index (κ3) is 5.03. The Morgan fingerprint density at radius 1 is 0.962 bits per heavy atom. The summed E-state index contributed by atoms with van der Waals surface area (Å²) in [5.74, 6) is 1.46.